The minimum atomic E-state index is -0.333. The molecule has 0 saturated carbocycles. The molecule has 4 amide bonds. The van der Waals surface area contributed by atoms with Crippen molar-refractivity contribution in [2.24, 2.45) is 5.92 Å². The SMILES string of the molecule is CC(=O)N1CCC(C(=O)N2CCCCNC(=O)c3cc(Cl)ccc3OC[C@@H](C)NC(=O)C2)CC1. The Kier molecular flexibility index (Phi) is 9.15. The molecule has 0 radical (unpaired) electrons. The van der Waals surface area contributed by atoms with Crippen LogP contribution in [0.25, 0.3) is 0 Å². The van der Waals surface area contributed by atoms with Crippen molar-refractivity contribution in [1.82, 2.24) is 20.4 Å². The summed E-state index contributed by atoms with van der Waals surface area (Å²) in [6.45, 7) is 5.41. The molecule has 0 spiro atoms. The monoisotopic (exact) mass is 492 g/mol. The van der Waals surface area contributed by atoms with Crippen LogP contribution < -0.4 is 15.4 Å². The van der Waals surface area contributed by atoms with Crippen molar-refractivity contribution in [2.45, 2.75) is 45.6 Å². The molecule has 186 valence electrons. The molecule has 1 saturated heterocycles. The van der Waals surface area contributed by atoms with E-state index in [9.17, 15) is 19.2 Å². The smallest absolute Gasteiger partial charge is 0.255 e. The molecule has 2 aliphatic heterocycles. The van der Waals surface area contributed by atoms with Crippen LogP contribution in [0.15, 0.2) is 18.2 Å². The van der Waals surface area contributed by atoms with Gasteiger partial charge in [0, 0.05) is 44.0 Å². The molecule has 2 heterocycles. The van der Waals surface area contributed by atoms with E-state index in [0.29, 0.717) is 68.2 Å². The number of benzene rings is 1. The molecule has 1 aromatic rings. The molecule has 34 heavy (non-hydrogen) atoms. The van der Waals surface area contributed by atoms with Crippen LogP contribution in [0.3, 0.4) is 0 Å². The number of ether oxygens (including phenoxy) is 1. The van der Waals surface area contributed by atoms with Gasteiger partial charge in [0.15, 0.2) is 0 Å². The number of likely N-dealkylation sites (tertiary alicyclic amines) is 1. The molecular weight excluding hydrogens is 460 g/mol. The van der Waals surface area contributed by atoms with E-state index in [1.165, 1.54) is 6.92 Å². The first-order valence-corrected chi connectivity index (χ1v) is 12.2. The van der Waals surface area contributed by atoms with Gasteiger partial charge < -0.3 is 25.2 Å². The van der Waals surface area contributed by atoms with Crippen LogP contribution in [0.5, 0.6) is 5.75 Å². The average molecular weight is 493 g/mol. The van der Waals surface area contributed by atoms with Gasteiger partial charge in [-0.15, -0.1) is 0 Å². The number of carbonyl (C=O) groups excluding carboxylic acids is 4. The van der Waals surface area contributed by atoms with Crippen LogP contribution in [-0.2, 0) is 14.4 Å². The van der Waals surface area contributed by atoms with E-state index in [-0.39, 0.29) is 48.7 Å². The highest BCUT2D eigenvalue weighted by atomic mass is 35.5. The number of amides is 4. The fourth-order valence-corrected chi connectivity index (χ4v) is 4.42. The van der Waals surface area contributed by atoms with Crippen molar-refractivity contribution >= 4 is 35.2 Å². The third kappa shape index (κ3) is 7.09. The van der Waals surface area contributed by atoms with Crippen LogP contribution in [-0.4, -0.2) is 78.8 Å². The summed E-state index contributed by atoms with van der Waals surface area (Å²) < 4.78 is 5.80. The van der Waals surface area contributed by atoms with Crippen molar-refractivity contribution in [3.8, 4) is 5.75 Å². The zero-order chi connectivity index (χ0) is 24.7. The molecule has 1 atom stereocenters. The molecule has 0 bridgehead atoms. The Bertz CT molecular complexity index is 917. The summed E-state index contributed by atoms with van der Waals surface area (Å²) in [4.78, 5) is 53.5. The van der Waals surface area contributed by atoms with Gasteiger partial charge in [0.05, 0.1) is 18.2 Å². The van der Waals surface area contributed by atoms with Crippen molar-refractivity contribution in [3.05, 3.63) is 28.8 Å². The first kappa shape index (κ1) is 25.8. The van der Waals surface area contributed by atoms with Gasteiger partial charge in [-0.3, -0.25) is 19.2 Å². The van der Waals surface area contributed by atoms with Gasteiger partial charge in [0.2, 0.25) is 17.7 Å². The van der Waals surface area contributed by atoms with E-state index in [0.717, 1.165) is 0 Å². The number of rotatable bonds is 1. The summed E-state index contributed by atoms with van der Waals surface area (Å²) >= 11 is 6.07. The summed E-state index contributed by atoms with van der Waals surface area (Å²) in [5, 5.41) is 6.18. The minimum absolute atomic E-state index is 0.0159. The largest absolute Gasteiger partial charge is 0.491 e. The molecule has 0 unspecified atom stereocenters. The first-order valence-electron chi connectivity index (χ1n) is 11.8. The van der Waals surface area contributed by atoms with Crippen LogP contribution in [0.4, 0.5) is 0 Å². The van der Waals surface area contributed by atoms with Crippen LogP contribution in [0.1, 0.15) is 49.9 Å². The second-order valence-electron chi connectivity index (χ2n) is 8.92. The number of hydrogen-bond acceptors (Lipinski definition) is 5. The van der Waals surface area contributed by atoms with Crippen molar-refractivity contribution in [1.29, 1.82) is 0 Å². The lowest BCUT2D eigenvalue weighted by molar-refractivity contribution is -0.142. The summed E-state index contributed by atoms with van der Waals surface area (Å²) in [7, 11) is 0. The molecular formula is C24H33ClN4O5. The van der Waals surface area contributed by atoms with Gasteiger partial charge in [0.25, 0.3) is 5.91 Å². The summed E-state index contributed by atoms with van der Waals surface area (Å²) in [6.07, 6.45) is 2.47. The highest BCUT2D eigenvalue weighted by Crippen LogP contribution is 2.24. The quantitative estimate of drug-likeness (QED) is 0.622. The Morgan fingerprint density at radius 2 is 1.82 bits per heavy atom. The molecule has 1 aromatic carbocycles. The fourth-order valence-electron chi connectivity index (χ4n) is 4.25. The third-order valence-corrected chi connectivity index (χ3v) is 6.39. The van der Waals surface area contributed by atoms with Crippen LogP contribution in [0, 0.1) is 5.92 Å². The highest BCUT2D eigenvalue weighted by Gasteiger charge is 2.30. The summed E-state index contributed by atoms with van der Waals surface area (Å²) in [5.74, 6) is -0.392. The fraction of sp³-hybridized carbons (Fsp3) is 0.583. The molecule has 3 rings (SSSR count). The number of nitrogens with zero attached hydrogens (tertiary/aromatic N) is 2. The van der Waals surface area contributed by atoms with E-state index < -0.39 is 0 Å². The van der Waals surface area contributed by atoms with E-state index in [2.05, 4.69) is 10.6 Å². The molecule has 10 heteroatoms. The van der Waals surface area contributed by atoms with Gasteiger partial charge in [0.1, 0.15) is 12.4 Å². The maximum Gasteiger partial charge on any atom is 0.255 e. The number of nitrogens with one attached hydrogen (secondary N) is 2. The van der Waals surface area contributed by atoms with Crippen LogP contribution >= 0.6 is 11.6 Å². The highest BCUT2D eigenvalue weighted by molar-refractivity contribution is 6.31. The minimum Gasteiger partial charge on any atom is -0.491 e. The van der Waals surface area contributed by atoms with Gasteiger partial charge in [-0.25, -0.2) is 0 Å². The molecule has 9 nitrogen and oxygen atoms in total. The van der Waals surface area contributed by atoms with Crippen molar-refractivity contribution in [3.63, 3.8) is 0 Å². The Morgan fingerprint density at radius 1 is 1.09 bits per heavy atom. The maximum atomic E-state index is 13.2. The van der Waals surface area contributed by atoms with Gasteiger partial charge in [-0.2, -0.15) is 0 Å². The Balaban J connectivity index is 1.67. The number of carbonyl (C=O) groups is 4. The number of hydrogen-bond donors (Lipinski definition) is 2. The number of piperidine rings is 1. The third-order valence-electron chi connectivity index (χ3n) is 6.16. The lowest BCUT2D eigenvalue weighted by Crippen LogP contribution is -2.48. The molecule has 0 aliphatic carbocycles. The lowest BCUT2D eigenvalue weighted by Gasteiger charge is -2.34. The predicted octanol–water partition coefficient (Wildman–Crippen LogP) is 1.83. The van der Waals surface area contributed by atoms with Gasteiger partial charge in [-0.05, 0) is 50.8 Å². The topological polar surface area (TPSA) is 108 Å². The number of halogens is 1. The lowest BCUT2D eigenvalue weighted by atomic mass is 9.95. The Labute approximate surface area is 205 Å². The zero-order valence-corrected chi connectivity index (χ0v) is 20.5. The van der Waals surface area contributed by atoms with Crippen molar-refractivity contribution < 1.29 is 23.9 Å². The maximum absolute atomic E-state index is 13.2. The van der Waals surface area contributed by atoms with E-state index in [1.807, 2.05) is 0 Å². The normalized spacial score (nSPS) is 21.3. The first-order chi connectivity index (χ1) is 16.2. The van der Waals surface area contributed by atoms with Gasteiger partial charge in [-0.1, -0.05) is 11.6 Å². The molecule has 0 aromatic heterocycles. The zero-order valence-electron chi connectivity index (χ0n) is 19.8. The number of fused-ring (bicyclic) bond motifs is 1. The second kappa shape index (κ2) is 12.1. The standard InChI is InChI=1S/C24H33ClN4O5/c1-16-15-34-21-6-5-19(25)13-20(21)23(32)26-9-3-4-10-29(14-22(31)27-16)24(33)18-7-11-28(12-8-18)17(2)30/h5-6,13,16,18H,3-4,7-12,14-15H2,1-2H3,(H,26,32)(H,27,31)/t16-/m1/s1. The van der Waals surface area contributed by atoms with E-state index in [1.54, 1.807) is 34.9 Å². The Hall–Kier alpha value is -2.81. The van der Waals surface area contributed by atoms with Crippen LogP contribution in [0.2, 0.25) is 5.02 Å². The van der Waals surface area contributed by atoms with Gasteiger partial charge >= 0.3 is 0 Å². The van der Waals surface area contributed by atoms with E-state index in [4.69, 9.17) is 16.3 Å². The predicted molar refractivity (Wildman–Crippen MR) is 128 cm³/mol. The van der Waals surface area contributed by atoms with E-state index >= 15 is 0 Å². The molecule has 2 N–H and O–H groups in total. The molecule has 2 aliphatic rings. The Morgan fingerprint density at radius 3 is 2.53 bits per heavy atom. The summed E-state index contributed by atoms with van der Waals surface area (Å²) in [6, 6.07) is 4.52. The molecule has 1 fully saturated rings. The second-order valence-corrected chi connectivity index (χ2v) is 9.36. The average Bonchev–Trinajstić information content (AvgIpc) is 2.81. The van der Waals surface area contributed by atoms with Crippen molar-refractivity contribution in [2.75, 3.05) is 39.3 Å². The summed E-state index contributed by atoms with van der Waals surface area (Å²) in [5.41, 5.74) is 0.342.